The Balaban J connectivity index is 1.90. The minimum atomic E-state index is -0.646. The van der Waals surface area contributed by atoms with Crippen molar-refractivity contribution in [1.82, 2.24) is 0 Å². The second-order valence-corrected chi connectivity index (χ2v) is 5.71. The zero-order chi connectivity index (χ0) is 13.5. The zero-order valence-electron chi connectivity index (χ0n) is 11.5. The largest absolute Gasteiger partial charge is 0.380 e. The van der Waals surface area contributed by atoms with Crippen molar-refractivity contribution in [2.75, 3.05) is 0 Å². The molecule has 4 heteroatoms. The minimum Gasteiger partial charge on any atom is -0.380 e. The maximum atomic E-state index is 12.6. The Labute approximate surface area is 114 Å². The van der Waals surface area contributed by atoms with Crippen LogP contribution in [0.15, 0.2) is 23.4 Å². The Morgan fingerprint density at radius 1 is 1.26 bits per heavy atom. The maximum Gasteiger partial charge on any atom is 0.231 e. The summed E-state index contributed by atoms with van der Waals surface area (Å²) in [7, 11) is 2.05. The molecular formula is C15H18BNO2. The van der Waals surface area contributed by atoms with Crippen LogP contribution in [0.3, 0.4) is 0 Å². The summed E-state index contributed by atoms with van der Waals surface area (Å²) in [6, 6.07) is 6.02. The molecule has 3 rings (SSSR count). The van der Waals surface area contributed by atoms with Gasteiger partial charge in [0, 0.05) is 5.56 Å². The van der Waals surface area contributed by atoms with Gasteiger partial charge in [0.05, 0.1) is 0 Å². The lowest BCUT2D eigenvalue weighted by Crippen LogP contribution is -2.41. The van der Waals surface area contributed by atoms with Crippen molar-refractivity contribution >= 4 is 24.8 Å². The van der Waals surface area contributed by atoms with Crippen molar-refractivity contribution in [2.45, 2.75) is 44.6 Å². The van der Waals surface area contributed by atoms with Crippen LogP contribution in [-0.2, 0) is 9.63 Å². The number of carbonyl (C=O) groups excluding carboxylic acids is 1. The van der Waals surface area contributed by atoms with E-state index in [1.165, 1.54) is 17.4 Å². The Bertz CT molecular complexity index is 559. The molecule has 3 nitrogen and oxygen atoms in total. The van der Waals surface area contributed by atoms with Gasteiger partial charge in [-0.1, -0.05) is 40.8 Å². The molecule has 0 bridgehead atoms. The topological polar surface area (TPSA) is 38.7 Å². The highest BCUT2D eigenvalue weighted by Crippen LogP contribution is 2.37. The fourth-order valence-corrected chi connectivity index (χ4v) is 2.95. The first kappa shape index (κ1) is 12.5. The number of benzene rings is 1. The van der Waals surface area contributed by atoms with E-state index in [0.29, 0.717) is 5.71 Å². The Morgan fingerprint density at radius 2 is 2.00 bits per heavy atom. The number of oxime groups is 1. The van der Waals surface area contributed by atoms with Crippen molar-refractivity contribution in [3.05, 3.63) is 29.3 Å². The molecule has 1 aliphatic carbocycles. The van der Waals surface area contributed by atoms with Crippen molar-refractivity contribution in [3.63, 3.8) is 0 Å². The van der Waals surface area contributed by atoms with Crippen LogP contribution in [0.1, 0.15) is 43.2 Å². The first-order chi connectivity index (χ1) is 9.12. The highest BCUT2D eigenvalue weighted by atomic mass is 16.7. The summed E-state index contributed by atoms with van der Waals surface area (Å²) >= 11 is 0. The quantitative estimate of drug-likeness (QED) is 0.708. The molecule has 0 unspecified atom stereocenters. The summed E-state index contributed by atoms with van der Waals surface area (Å²) in [5.74, 6) is 0.0791. The summed E-state index contributed by atoms with van der Waals surface area (Å²) in [6.07, 6.45) is 4.92. The van der Waals surface area contributed by atoms with Crippen LogP contribution in [0.25, 0.3) is 0 Å². The van der Waals surface area contributed by atoms with Crippen LogP contribution in [0.4, 0.5) is 0 Å². The van der Waals surface area contributed by atoms with E-state index in [0.717, 1.165) is 31.2 Å². The van der Waals surface area contributed by atoms with E-state index in [2.05, 4.69) is 19.9 Å². The zero-order valence-corrected chi connectivity index (χ0v) is 11.5. The van der Waals surface area contributed by atoms with E-state index in [1.54, 1.807) is 0 Å². The number of hydrogen-bond acceptors (Lipinski definition) is 3. The summed E-state index contributed by atoms with van der Waals surface area (Å²) < 4.78 is 0. The number of ketones is 1. The van der Waals surface area contributed by atoms with Crippen molar-refractivity contribution in [1.29, 1.82) is 0 Å². The normalized spacial score (nSPS) is 21.3. The predicted octanol–water partition coefficient (Wildman–Crippen LogP) is 1.26. The predicted molar refractivity (Wildman–Crippen MR) is 77.8 cm³/mol. The van der Waals surface area contributed by atoms with Crippen molar-refractivity contribution < 1.29 is 9.63 Å². The number of Topliss-reactive ketones (excluding diaryl/α,β-unsaturated/α-hetero) is 1. The summed E-state index contributed by atoms with van der Waals surface area (Å²) in [5.41, 5.74) is 3.15. The molecule has 0 amide bonds. The Morgan fingerprint density at radius 3 is 2.68 bits per heavy atom. The summed E-state index contributed by atoms with van der Waals surface area (Å²) in [5, 5.41) is 4.10. The number of aryl methyl sites for hydroxylation is 1. The second-order valence-electron chi connectivity index (χ2n) is 5.71. The fourth-order valence-electron chi connectivity index (χ4n) is 2.95. The lowest BCUT2D eigenvalue weighted by atomic mass is 9.79. The molecule has 98 valence electrons. The van der Waals surface area contributed by atoms with Crippen LogP contribution in [0.5, 0.6) is 0 Å². The molecule has 2 aliphatic rings. The van der Waals surface area contributed by atoms with E-state index in [1.807, 2.05) is 18.2 Å². The van der Waals surface area contributed by atoms with Crippen LogP contribution < -0.4 is 5.46 Å². The summed E-state index contributed by atoms with van der Waals surface area (Å²) in [6.45, 7) is 2.07. The van der Waals surface area contributed by atoms with E-state index >= 15 is 0 Å². The van der Waals surface area contributed by atoms with Gasteiger partial charge in [-0.05, 0) is 32.6 Å². The van der Waals surface area contributed by atoms with E-state index < -0.39 is 5.60 Å². The molecule has 1 aromatic carbocycles. The van der Waals surface area contributed by atoms with E-state index in [4.69, 9.17) is 4.84 Å². The molecule has 0 radical (unpaired) electrons. The molecule has 1 aromatic rings. The first-order valence-electron chi connectivity index (χ1n) is 7.01. The molecule has 0 atom stereocenters. The molecule has 1 spiro atoms. The molecule has 1 fully saturated rings. The van der Waals surface area contributed by atoms with Gasteiger partial charge in [0.1, 0.15) is 7.85 Å². The first-order valence-corrected chi connectivity index (χ1v) is 7.01. The second kappa shape index (κ2) is 4.51. The number of nitrogens with zero attached hydrogens (tertiary/aromatic N) is 1. The average Bonchev–Trinajstić information content (AvgIpc) is 2.72. The molecule has 1 heterocycles. The number of rotatable bonds is 1. The fraction of sp³-hybridized carbons (Fsp3) is 0.467. The highest BCUT2D eigenvalue weighted by molar-refractivity contribution is 6.50. The molecule has 1 saturated carbocycles. The van der Waals surface area contributed by atoms with Crippen molar-refractivity contribution in [2.24, 2.45) is 5.16 Å². The van der Waals surface area contributed by atoms with Gasteiger partial charge in [-0.15, -0.1) is 0 Å². The van der Waals surface area contributed by atoms with Gasteiger partial charge in [0.25, 0.3) is 0 Å². The SMILES string of the molecule is Bc1cc(C2=NOC3(CCCCC3)C2=O)ccc1C. The third kappa shape index (κ3) is 1.99. The molecule has 1 aliphatic heterocycles. The molecular weight excluding hydrogens is 237 g/mol. The van der Waals surface area contributed by atoms with Gasteiger partial charge in [-0.25, -0.2) is 0 Å². The maximum absolute atomic E-state index is 12.6. The smallest absolute Gasteiger partial charge is 0.231 e. The van der Waals surface area contributed by atoms with Crippen LogP contribution in [0.2, 0.25) is 0 Å². The van der Waals surface area contributed by atoms with Crippen LogP contribution in [0, 0.1) is 6.92 Å². The minimum absolute atomic E-state index is 0.0791. The van der Waals surface area contributed by atoms with Gasteiger partial charge in [0.2, 0.25) is 11.4 Å². The molecule has 0 aromatic heterocycles. The van der Waals surface area contributed by atoms with Gasteiger partial charge in [0.15, 0.2) is 5.71 Å². The van der Waals surface area contributed by atoms with Crippen LogP contribution >= 0.6 is 0 Å². The Hall–Kier alpha value is -1.58. The number of carbonyl (C=O) groups is 1. The summed E-state index contributed by atoms with van der Waals surface area (Å²) in [4.78, 5) is 18.2. The Kier molecular flexibility index (Phi) is 2.96. The lowest BCUT2D eigenvalue weighted by molar-refractivity contribution is -0.136. The van der Waals surface area contributed by atoms with Crippen LogP contribution in [-0.4, -0.2) is 24.9 Å². The standard InChI is InChI=1S/C15H18BNO2/c1-10-5-6-11(9-12(10)16)13-14(18)15(19-17-13)7-3-2-4-8-15/h5-6,9H,2-4,7-8,16H2,1H3. The highest BCUT2D eigenvalue weighted by Gasteiger charge is 2.48. The third-order valence-corrected chi connectivity index (χ3v) is 4.38. The van der Waals surface area contributed by atoms with E-state index in [9.17, 15) is 4.79 Å². The monoisotopic (exact) mass is 255 g/mol. The number of hydrogen-bond donors (Lipinski definition) is 0. The molecule has 0 N–H and O–H groups in total. The van der Waals surface area contributed by atoms with Gasteiger partial charge < -0.3 is 4.84 Å². The molecule has 0 saturated heterocycles. The third-order valence-electron chi connectivity index (χ3n) is 4.38. The van der Waals surface area contributed by atoms with Gasteiger partial charge in [-0.3, -0.25) is 4.79 Å². The van der Waals surface area contributed by atoms with E-state index in [-0.39, 0.29) is 5.78 Å². The van der Waals surface area contributed by atoms with Gasteiger partial charge in [-0.2, -0.15) is 0 Å². The average molecular weight is 255 g/mol. The van der Waals surface area contributed by atoms with Gasteiger partial charge >= 0.3 is 0 Å². The molecule has 19 heavy (non-hydrogen) atoms. The lowest BCUT2D eigenvalue weighted by Gasteiger charge is -2.28. The van der Waals surface area contributed by atoms with Crippen molar-refractivity contribution in [3.8, 4) is 0 Å².